The molecule has 0 saturated heterocycles. The number of rotatable bonds is 20. The van der Waals surface area contributed by atoms with Crippen molar-refractivity contribution in [2.45, 2.75) is 84.5 Å². The van der Waals surface area contributed by atoms with Gasteiger partial charge in [-0.1, -0.05) is 62.4 Å². The Bertz CT molecular complexity index is 1880. The maximum Gasteiger partial charge on any atom is 0.332 e. The molecular weight excluding hydrogens is 640 g/mol. The smallest absolute Gasteiger partial charge is 0.332 e. The summed E-state index contributed by atoms with van der Waals surface area (Å²) in [6, 6.07) is 15.5. The molecule has 6 N–H and O–H groups in total. The molecule has 4 aromatic rings. The number of aryl methyl sites for hydroxylation is 2. The van der Waals surface area contributed by atoms with Crippen LogP contribution in [0.3, 0.4) is 0 Å². The Kier molecular flexibility index (Phi) is 14.1. The largest absolute Gasteiger partial charge is 0.481 e. The highest BCUT2D eigenvalue weighted by Gasteiger charge is 2.25. The zero-order valence-electron chi connectivity index (χ0n) is 28.8. The summed E-state index contributed by atoms with van der Waals surface area (Å²) < 4.78 is 4.70. The Morgan fingerprint density at radius 1 is 0.920 bits per heavy atom. The van der Waals surface area contributed by atoms with Crippen LogP contribution in [0.25, 0.3) is 11.2 Å². The summed E-state index contributed by atoms with van der Waals surface area (Å²) in [7, 11) is 0. The van der Waals surface area contributed by atoms with Gasteiger partial charge in [0, 0.05) is 44.7 Å². The van der Waals surface area contributed by atoms with Gasteiger partial charge in [0.05, 0.1) is 6.42 Å². The van der Waals surface area contributed by atoms with E-state index in [9.17, 15) is 29.1 Å². The summed E-state index contributed by atoms with van der Waals surface area (Å²) in [5.41, 5.74) is 7.43. The number of benzene rings is 2. The highest BCUT2D eigenvalue weighted by Crippen LogP contribution is 2.20. The Morgan fingerprint density at radius 2 is 1.66 bits per heavy atom. The molecule has 0 spiro atoms. The molecule has 14 heteroatoms. The lowest BCUT2D eigenvalue weighted by Gasteiger charge is -2.19. The number of nitrogens with zero attached hydrogens (tertiary/aromatic N) is 4. The van der Waals surface area contributed by atoms with Crippen LogP contribution in [0.1, 0.15) is 62.9 Å². The van der Waals surface area contributed by atoms with E-state index in [4.69, 9.17) is 10.7 Å². The zero-order valence-corrected chi connectivity index (χ0v) is 28.8. The number of para-hydroxylation sites is 1. The highest BCUT2D eigenvalue weighted by molar-refractivity contribution is 5.99. The second kappa shape index (κ2) is 18.6. The van der Waals surface area contributed by atoms with Crippen LogP contribution < -0.4 is 32.9 Å². The minimum Gasteiger partial charge on any atom is -0.481 e. The zero-order chi connectivity index (χ0) is 36.0. The van der Waals surface area contributed by atoms with Gasteiger partial charge >= 0.3 is 11.7 Å². The maximum absolute atomic E-state index is 13.9. The molecule has 4 rings (SSSR count). The van der Waals surface area contributed by atoms with E-state index in [1.54, 1.807) is 24.3 Å². The molecule has 0 aliphatic heterocycles. The number of nitrogens with two attached hydrogens (primary N) is 1. The van der Waals surface area contributed by atoms with Crippen molar-refractivity contribution < 1.29 is 19.5 Å². The third kappa shape index (κ3) is 9.76. The molecule has 2 amide bonds. The lowest BCUT2D eigenvalue weighted by atomic mass is 10.1. The van der Waals surface area contributed by atoms with E-state index in [1.165, 1.54) is 9.13 Å². The number of fused-ring (bicyclic) bond motifs is 1. The number of carbonyl (C=O) groups excluding carboxylic acids is 2. The molecule has 0 saturated carbocycles. The molecule has 0 radical (unpaired) electrons. The van der Waals surface area contributed by atoms with E-state index in [0.29, 0.717) is 73.6 Å². The number of aliphatic carboxylic acids is 1. The minimum absolute atomic E-state index is 0.124. The first kappa shape index (κ1) is 37.7. The number of anilines is 1. The molecule has 2 aromatic carbocycles. The van der Waals surface area contributed by atoms with Crippen LogP contribution in [0.4, 0.5) is 5.69 Å². The number of unbranched alkanes of at least 4 members (excludes halogenated alkanes) is 1. The van der Waals surface area contributed by atoms with Gasteiger partial charge in [0.15, 0.2) is 11.2 Å². The van der Waals surface area contributed by atoms with Gasteiger partial charge in [-0.3, -0.25) is 28.3 Å². The fourth-order valence-corrected chi connectivity index (χ4v) is 5.87. The van der Waals surface area contributed by atoms with Crippen LogP contribution in [0.15, 0.2) is 64.2 Å². The van der Waals surface area contributed by atoms with Gasteiger partial charge in [-0.25, -0.2) is 9.78 Å². The van der Waals surface area contributed by atoms with E-state index in [2.05, 4.69) is 16.0 Å². The molecule has 268 valence electrons. The number of carbonyl (C=O) groups is 3. The quantitative estimate of drug-likeness (QED) is 0.0866. The number of hydrogen-bond donors (Lipinski definition) is 5. The molecule has 14 nitrogen and oxygen atoms in total. The fourth-order valence-electron chi connectivity index (χ4n) is 5.87. The summed E-state index contributed by atoms with van der Waals surface area (Å²) in [5.74, 6) is -1.67. The van der Waals surface area contributed by atoms with Crippen molar-refractivity contribution in [2.75, 3.05) is 25.0 Å². The van der Waals surface area contributed by atoms with E-state index in [1.807, 2.05) is 48.7 Å². The fraction of sp³-hybridized carbons (Fsp3) is 0.444. The molecule has 2 aromatic heterocycles. The van der Waals surface area contributed by atoms with E-state index in [0.717, 1.165) is 12.1 Å². The number of carboxylic acids is 1. The van der Waals surface area contributed by atoms with E-state index < -0.39 is 35.9 Å². The van der Waals surface area contributed by atoms with Crippen molar-refractivity contribution in [1.82, 2.24) is 29.3 Å². The molecule has 1 unspecified atom stereocenters. The summed E-state index contributed by atoms with van der Waals surface area (Å²) in [6.07, 6.45) is 2.02. The van der Waals surface area contributed by atoms with Crippen molar-refractivity contribution in [1.29, 1.82) is 0 Å². The molecule has 0 aliphatic rings. The van der Waals surface area contributed by atoms with Gasteiger partial charge in [-0.05, 0) is 56.0 Å². The Balaban J connectivity index is 1.68. The Hall–Kier alpha value is -5.08. The monoisotopic (exact) mass is 688 g/mol. The summed E-state index contributed by atoms with van der Waals surface area (Å²) >= 11 is 0. The second-order valence-electron chi connectivity index (χ2n) is 12.1. The van der Waals surface area contributed by atoms with Crippen LogP contribution >= 0.6 is 0 Å². The molecule has 0 aliphatic carbocycles. The van der Waals surface area contributed by atoms with Crippen LogP contribution in [0, 0.1) is 0 Å². The van der Waals surface area contributed by atoms with Gasteiger partial charge in [0.2, 0.25) is 11.8 Å². The summed E-state index contributed by atoms with van der Waals surface area (Å²) in [4.78, 5) is 70.0. The number of aromatic nitrogens is 4. The number of nitrogens with one attached hydrogen (secondary N) is 3. The van der Waals surface area contributed by atoms with Crippen molar-refractivity contribution in [2.24, 2.45) is 5.73 Å². The van der Waals surface area contributed by atoms with Gasteiger partial charge in [-0.15, -0.1) is 0 Å². The third-order valence-electron chi connectivity index (χ3n) is 8.38. The van der Waals surface area contributed by atoms with Crippen molar-refractivity contribution in [3.05, 3.63) is 92.4 Å². The summed E-state index contributed by atoms with van der Waals surface area (Å²) in [5, 5.41) is 18.1. The number of amides is 2. The molecule has 1 atom stereocenters. The Morgan fingerprint density at radius 3 is 2.36 bits per heavy atom. The average molecular weight is 689 g/mol. The Labute approximate surface area is 290 Å². The van der Waals surface area contributed by atoms with Crippen LogP contribution in [-0.4, -0.2) is 67.3 Å². The lowest BCUT2D eigenvalue weighted by Crippen LogP contribution is -2.45. The standard InChI is InChI=1S/C36H48N8O6/c1-3-20-44-35(49)32-33(41-29(42(32)22-19-38-4-2)23-25-12-6-5-7-13-25)43(36(44)50)21-17-26-14-8-9-15-27(26)40-34(48)28(24-31(46)47)39-30(45)16-10-11-18-37/h5-9,12-15,28,38H,3-4,10-11,16-24,37H2,1-2H3,(H,39,45)(H,40,48)(H,46,47). The van der Waals surface area contributed by atoms with Crippen molar-refractivity contribution in [3.63, 3.8) is 0 Å². The predicted octanol–water partition coefficient (Wildman–Crippen LogP) is 2.24. The second-order valence-corrected chi connectivity index (χ2v) is 12.1. The van der Waals surface area contributed by atoms with Crippen molar-refractivity contribution >= 4 is 34.6 Å². The molecule has 2 heterocycles. The first-order valence-corrected chi connectivity index (χ1v) is 17.3. The lowest BCUT2D eigenvalue weighted by molar-refractivity contribution is -0.139. The third-order valence-corrected chi connectivity index (χ3v) is 8.38. The van der Waals surface area contributed by atoms with Crippen molar-refractivity contribution in [3.8, 4) is 0 Å². The maximum atomic E-state index is 13.9. The summed E-state index contributed by atoms with van der Waals surface area (Å²) in [6.45, 7) is 6.60. The number of hydrogen-bond acceptors (Lipinski definition) is 8. The predicted molar refractivity (Wildman–Crippen MR) is 192 cm³/mol. The number of carboxylic acid groups (broad SMARTS) is 1. The normalized spacial score (nSPS) is 11.8. The minimum atomic E-state index is -1.29. The van der Waals surface area contributed by atoms with Crippen LogP contribution in [-0.2, 0) is 46.9 Å². The number of imidazole rings is 1. The van der Waals surface area contributed by atoms with Gasteiger partial charge in [0.1, 0.15) is 11.9 Å². The number of likely N-dealkylation sites (N-methyl/N-ethyl adjacent to an activating group) is 1. The van der Waals surface area contributed by atoms with Gasteiger partial charge in [0.25, 0.3) is 5.56 Å². The molecular formula is C36H48N8O6. The van der Waals surface area contributed by atoms with Crippen LogP contribution in [0.5, 0.6) is 0 Å². The topological polar surface area (TPSA) is 195 Å². The van der Waals surface area contributed by atoms with Gasteiger partial charge < -0.3 is 31.4 Å². The SMILES string of the molecule is CCCn1c(=O)c2c(nc(Cc3ccccc3)n2CCNCC)n(CCc2ccccc2NC(=O)C(CC(=O)O)NC(=O)CCCCN)c1=O. The average Bonchev–Trinajstić information content (AvgIpc) is 3.44. The molecule has 0 bridgehead atoms. The van der Waals surface area contributed by atoms with E-state index >= 15 is 0 Å². The first-order valence-electron chi connectivity index (χ1n) is 17.3. The molecule has 0 fully saturated rings. The van der Waals surface area contributed by atoms with E-state index in [-0.39, 0.29) is 31.5 Å². The highest BCUT2D eigenvalue weighted by atomic mass is 16.4. The first-order chi connectivity index (χ1) is 24.2. The van der Waals surface area contributed by atoms with Gasteiger partial charge in [-0.2, -0.15) is 0 Å². The van der Waals surface area contributed by atoms with Crippen LogP contribution in [0.2, 0.25) is 0 Å². The molecule has 50 heavy (non-hydrogen) atoms.